The molecule has 0 amide bonds. The molecule has 0 aliphatic carbocycles. The second-order valence-electron chi connectivity index (χ2n) is 4.74. The molecule has 22 heavy (non-hydrogen) atoms. The maximum Gasteiger partial charge on any atom is 0.351 e. The van der Waals surface area contributed by atoms with Crippen LogP contribution in [0.5, 0.6) is 0 Å². The van der Waals surface area contributed by atoms with Gasteiger partial charge in [-0.05, 0) is 6.08 Å². The standard InChI is InChI=1S/C13H17N3O6/c1-21-11(19)3-2-7-5-16(13(20)15-12(7)14)10-4-8(18)9(6-17)22-10/h2-3,5,8-10,17-18H,4,6H2,1H3,(H2,14,15,20)/t8-,9+,10+/m0/s1. The third kappa shape index (κ3) is 3.32. The van der Waals surface area contributed by atoms with E-state index in [0.29, 0.717) is 5.56 Å². The quantitative estimate of drug-likeness (QED) is 0.458. The number of aliphatic hydroxyl groups excluding tert-OH is 2. The van der Waals surface area contributed by atoms with Gasteiger partial charge in [0.05, 0.1) is 19.8 Å². The zero-order valence-electron chi connectivity index (χ0n) is 11.9. The number of nitrogens with two attached hydrogens (primary N) is 1. The molecule has 3 atom stereocenters. The van der Waals surface area contributed by atoms with Gasteiger partial charge in [0.15, 0.2) is 0 Å². The van der Waals surface area contributed by atoms with Crippen LogP contribution < -0.4 is 11.4 Å². The number of carbonyl (C=O) groups excluding carboxylic acids is 1. The number of ether oxygens (including phenoxy) is 2. The molecule has 120 valence electrons. The van der Waals surface area contributed by atoms with Gasteiger partial charge in [0, 0.05) is 24.3 Å². The van der Waals surface area contributed by atoms with Gasteiger partial charge in [-0.25, -0.2) is 9.59 Å². The molecule has 4 N–H and O–H groups in total. The van der Waals surface area contributed by atoms with E-state index in [1.165, 1.54) is 19.4 Å². The van der Waals surface area contributed by atoms with Crippen molar-refractivity contribution in [2.24, 2.45) is 0 Å². The minimum atomic E-state index is -0.881. The smallest absolute Gasteiger partial charge is 0.351 e. The van der Waals surface area contributed by atoms with Crippen LogP contribution in [0.1, 0.15) is 18.2 Å². The molecular formula is C13H17N3O6. The van der Waals surface area contributed by atoms with Crippen LogP contribution in [0.15, 0.2) is 17.1 Å². The first-order valence-corrected chi connectivity index (χ1v) is 6.55. The number of nitrogen functional groups attached to an aromatic ring is 1. The molecule has 1 aliphatic rings. The summed E-state index contributed by atoms with van der Waals surface area (Å²) in [5.74, 6) is -0.622. The molecule has 0 unspecified atom stereocenters. The summed E-state index contributed by atoms with van der Waals surface area (Å²) in [4.78, 5) is 26.7. The Kier molecular flexibility index (Phi) is 4.91. The Morgan fingerprint density at radius 1 is 1.68 bits per heavy atom. The predicted molar refractivity (Wildman–Crippen MR) is 75.6 cm³/mol. The lowest BCUT2D eigenvalue weighted by Gasteiger charge is -2.15. The topological polar surface area (TPSA) is 137 Å². The van der Waals surface area contributed by atoms with E-state index in [1.54, 1.807) is 0 Å². The Hall–Kier alpha value is -2.23. The van der Waals surface area contributed by atoms with Crippen LogP contribution in [0.3, 0.4) is 0 Å². The fourth-order valence-electron chi connectivity index (χ4n) is 2.11. The van der Waals surface area contributed by atoms with Crippen LogP contribution in [0.25, 0.3) is 6.08 Å². The van der Waals surface area contributed by atoms with Crippen LogP contribution in [-0.2, 0) is 14.3 Å². The summed E-state index contributed by atoms with van der Waals surface area (Å²) in [5, 5.41) is 18.8. The van der Waals surface area contributed by atoms with Crippen molar-refractivity contribution in [3.8, 4) is 0 Å². The largest absolute Gasteiger partial charge is 0.466 e. The van der Waals surface area contributed by atoms with Gasteiger partial charge in [0.2, 0.25) is 0 Å². The summed E-state index contributed by atoms with van der Waals surface area (Å²) < 4.78 is 11.0. The highest BCUT2D eigenvalue weighted by atomic mass is 16.5. The summed E-state index contributed by atoms with van der Waals surface area (Å²) >= 11 is 0. The Bertz CT molecular complexity index is 641. The third-order valence-electron chi connectivity index (χ3n) is 3.31. The molecule has 9 nitrogen and oxygen atoms in total. The summed E-state index contributed by atoms with van der Waals surface area (Å²) in [6, 6.07) is 0. The van der Waals surface area contributed by atoms with Crippen molar-refractivity contribution < 1.29 is 24.5 Å². The SMILES string of the molecule is COC(=O)C=Cc1cn([C@H]2C[C@H](O)[C@@H](CO)O2)c(=O)nc1N. The van der Waals surface area contributed by atoms with E-state index in [2.05, 4.69) is 9.72 Å². The number of carbonyl (C=O) groups is 1. The molecule has 0 spiro atoms. The Morgan fingerprint density at radius 3 is 3.00 bits per heavy atom. The number of hydrogen-bond donors (Lipinski definition) is 3. The minimum Gasteiger partial charge on any atom is -0.466 e. The minimum absolute atomic E-state index is 0.0429. The van der Waals surface area contributed by atoms with Crippen LogP contribution in [-0.4, -0.2) is 51.7 Å². The van der Waals surface area contributed by atoms with Crippen molar-refractivity contribution in [2.45, 2.75) is 24.9 Å². The van der Waals surface area contributed by atoms with Crippen molar-refractivity contribution in [3.63, 3.8) is 0 Å². The van der Waals surface area contributed by atoms with Crippen molar-refractivity contribution >= 4 is 17.9 Å². The van der Waals surface area contributed by atoms with E-state index < -0.39 is 30.1 Å². The third-order valence-corrected chi connectivity index (χ3v) is 3.31. The molecule has 0 aromatic carbocycles. The number of nitrogens with zero attached hydrogens (tertiary/aromatic N) is 2. The van der Waals surface area contributed by atoms with Crippen LogP contribution in [0.4, 0.5) is 5.82 Å². The van der Waals surface area contributed by atoms with Crippen molar-refractivity contribution in [1.29, 1.82) is 0 Å². The van der Waals surface area contributed by atoms with E-state index in [-0.39, 0.29) is 18.8 Å². The van der Waals surface area contributed by atoms with Crippen molar-refractivity contribution in [2.75, 3.05) is 19.5 Å². The summed E-state index contributed by atoms with van der Waals surface area (Å²) in [6.07, 6.45) is 1.61. The van der Waals surface area contributed by atoms with E-state index in [0.717, 1.165) is 10.6 Å². The molecule has 0 bridgehead atoms. The first-order valence-electron chi connectivity index (χ1n) is 6.55. The highest BCUT2D eigenvalue weighted by Crippen LogP contribution is 2.27. The number of hydrogen-bond acceptors (Lipinski definition) is 8. The fourth-order valence-corrected chi connectivity index (χ4v) is 2.11. The van der Waals surface area contributed by atoms with Crippen LogP contribution in [0.2, 0.25) is 0 Å². The molecule has 0 saturated carbocycles. The van der Waals surface area contributed by atoms with Gasteiger partial charge < -0.3 is 25.4 Å². The van der Waals surface area contributed by atoms with E-state index >= 15 is 0 Å². The monoisotopic (exact) mass is 311 g/mol. The highest BCUT2D eigenvalue weighted by Gasteiger charge is 2.35. The molecule has 1 aromatic heterocycles. The molecule has 2 heterocycles. The van der Waals surface area contributed by atoms with Crippen molar-refractivity contribution in [3.05, 3.63) is 28.3 Å². The molecule has 1 fully saturated rings. The Labute approximate surface area is 125 Å². The number of anilines is 1. The second kappa shape index (κ2) is 6.69. The lowest BCUT2D eigenvalue weighted by atomic mass is 10.2. The van der Waals surface area contributed by atoms with Gasteiger partial charge in [-0.2, -0.15) is 4.98 Å². The van der Waals surface area contributed by atoms with Gasteiger partial charge >= 0.3 is 11.7 Å². The molecular weight excluding hydrogens is 294 g/mol. The molecule has 2 rings (SSSR count). The molecule has 0 radical (unpaired) electrons. The molecule has 1 aliphatic heterocycles. The van der Waals surface area contributed by atoms with Crippen molar-refractivity contribution in [1.82, 2.24) is 9.55 Å². The van der Waals surface area contributed by atoms with Crippen LogP contribution >= 0.6 is 0 Å². The average Bonchev–Trinajstić information content (AvgIpc) is 2.86. The zero-order valence-corrected chi connectivity index (χ0v) is 11.9. The molecule has 1 saturated heterocycles. The average molecular weight is 311 g/mol. The predicted octanol–water partition coefficient (Wildman–Crippen LogP) is -1.35. The van der Waals surface area contributed by atoms with E-state index in [1.807, 2.05) is 0 Å². The number of methoxy groups -OCH3 is 1. The second-order valence-corrected chi connectivity index (χ2v) is 4.74. The zero-order chi connectivity index (χ0) is 16.3. The van der Waals surface area contributed by atoms with Crippen LogP contribution in [0, 0.1) is 0 Å². The van der Waals surface area contributed by atoms with E-state index in [4.69, 9.17) is 15.6 Å². The Morgan fingerprint density at radius 2 is 2.41 bits per heavy atom. The van der Waals surface area contributed by atoms with Gasteiger partial charge in [-0.3, -0.25) is 4.57 Å². The first-order chi connectivity index (χ1) is 10.5. The highest BCUT2D eigenvalue weighted by molar-refractivity contribution is 5.87. The summed E-state index contributed by atoms with van der Waals surface area (Å²) in [6.45, 7) is -0.357. The number of rotatable bonds is 4. The Balaban J connectivity index is 2.31. The van der Waals surface area contributed by atoms with E-state index in [9.17, 15) is 14.7 Å². The number of esters is 1. The number of aromatic nitrogens is 2. The lowest BCUT2D eigenvalue weighted by Crippen LogP contribution is -2.28. The first kappa shape index (κ1) is 16.1. The molecule has 1 aromatic rings. The summed E-state index contributed by atoms with van der Waals surface area (Å²) in [5.41, 5.74) is 5.32. The summed E-state index contributed by atoms with van der Waals surface area (Å²) in [7, 11) is 1.23. The number of aliphatic hydroxyl groups is 2. The van der Waals surface area contributed by atoms with Gasteiger partial charge in [0.25, 0.3) is 0 Å². The lowest BCUT2D eigenvalue weighted by molar-refractivity contribution is -0.134. The van der Waals surface area contributed by atoms with Gasteiger partial charge in [-0.1, -0.05) is 0 Å². The molecule has 9 heteroatoms. The van der Waals surface area contributed by atoms with Gasteiger partial charge in [-0.15, -0.1) is 0 Å². The maximum atomic E-state index is 11.9. The normalized spacial score (nSPS) is 24.8. The maximum absolute atomic E-state index is 11.9. The fraction of sp³-hybridized carbons (Fsp3) is 0.462. The van der Waals surface area contributed by atoms with Gasteiger partial charge in [0.1, 0.15) is 18.1 Å².